The number of nitrogens with two attached hydrogens (primary N) is 1. The van der Waals surface area contributed by atoms with Crippen molar-refractivity contribution in [2.45, 2.75) is 57.9 Å². The molecule has 3 nitrogen and oxygen atoms in total. The average Bonchev–Trinajstić information content (AvgIpc) is 2.62. The maximum absolute atomic E-state index is 6.16. The first-order valence-corrected chi connectivity index (χ1v) is 7.96. The predicted octanol–water partition coefficient (Wildman–Crippen LogP) is 2.89. The number of nitrogens with zero attached hydrogens (tertiary/aromatic N) is 1. The van der Waals surface area contributed by atoms with Gasteiger partial charge in [0, 0.05) is 32.3 Å². The summed E-state index contributed by atoms with van der Waals surface area (Å²) in [5.41, 5.74) is 6.39. The van der Waals surface area contributed by atoms with Crippen molar-refractivity contribution in [3.63, 3.8) is 0 Å². The molecule has 0 heterocycles. The van der Waals surface area contributed by atoms with Gasteiger partial charge in [-0.25, -0.2) is 0 Å². The van der Waals surface area contributed by atoms with Crippen LogP contribution < -0.4 is 5.73 Å². The topological polar surface area (TPSA) is 38.5 Å². The van der Waals surface area contributed by atoms with Crippen molar-refractivity contribution in [2.75, 3.05) is 33.9 Å². The summed E-state index contributed by atoms with van der Waals surface area (Å²) in [5, 5.41) is 0. The molecule has 0 aromatic rings. The van der Waals surface area contributed by atoms with Gasteiger partial charge in [0.15, 0.2) is 0 Å². The van der Waals surface area contributed by atoms with E-state index in [0.29, 0.717) is 0 Å². The van der Waals surface area contributed by atoms with Crippen molar-refractivity contribution in [1.82, 2.24) is 4.90 Å². The molecular weight excluding hydrogens is 236 g/mol. The fourth-order valence-electron chi connectivity index (χ4n) is 3.51. The molecule has 3 heteroatoms. The molecule has 0 aromatic carbocycles. The molecule has 1 saturated carbocycles. The van der Waals surface area contributed by atoms with Crippen LogP contribution in [0.5, 0.6) is 0 Å². The average molecular weight is 270 g/mol. The summed E-state index contributed by atoms with van der Waals surface area (Å²) in [6.07, 6.45) is 7.66. The maximum atomic E-state index is 6.16. The fourth-order valence-corrected chi connectivity index (χ4v) is 3.51. The van der Waals surface area contributed by atoms with Gasteiger partial charge in [-0.3, -0.25) is 4.90 Å². The van der Waals surface area contributed by atoms with E-state index in [9.17, 15) is 0 Å². The van der Waals surface area contributed by atoms with Gasteiger partial charge in [0.05, 0.1) is 0 Å². The lowest BCUT2D eigenvalue weighted by Crippen LogP contribution is -2.52. The highest BCUT2D eigenvalue weighted by atomic mass is 16.5. The lowest BCUT2D eigenvalue weighted by atomic mass is 9.85. The van der Waals surface area contributed by atoms with Crippen LogP contribution in [0.25, 0.3) is 0 Å². The second kappa shape index (κ2) is 8.23. The highest BCUT2D eigenvalue weighted by Gasteiger charge is 2.35. The lowest BCUT2D eigenvalue weighted by molar-refractivity contribution is 0.0905. The summed E-state index contributed by atoms with van der Waals surface area (Å²) in [6.45, 7) is 7.46. The molecule has 2 N–H and O–H groups in total. The molecule has 0 aliphatic heterocycles. The zero-order valence-corrected chi connectivity index (χ0v) is 13.5. The Bertz CT molecular complexity index is 245. The summed E-state index contributed by atoms with van der Waals surface area (Å²) in [6, 6.07) is 0. The summed E-state index contributed by atoms with van der Waals surface area (Å²) < 4.78 is 5.16. The van der Waals surface area contributed by atoms with Gasteiger partial charge in [0.1, 0.15) is 0 Å². The van der Waals surface area contributed by atoms with Gasteiger partial charge >= 0.3 is 0 Å². The van der Waals surface area contributed by atoms with Crippen molar-refractivity contribution in [1.29, 1.82) is 0 Å². The molecule has 1 aliphatic rings. The molecule has 1 fully saturated rings. The van der Waals surface area contributed by atoms with Gasteiger partial charge < -0.3 is 10.5 Å². The summed E-state index contributed by atoms with van der Waals surface area (Å²) in [7, 11) is 4.02. The van der Waals surface area contributed by atoms with Crippen molar-refractivity contribution in [2.24, 2.45) is 17.6 Å². The first-order chi connectivity index (χ1) is 9.05. The molecule has 0 saturated heterocycles. The van der Waals surface area contributed by atoms with Crippen LogP contribution in [-0.4, -0.2) is 44.3 Å². The van der Waals surface area contributed by atoms with E-state index >= 15 is 0 Å². The van der Waals surface area contributed by atoms with E-state index in [1.165, 1.54) is 32.1 Å². The van der Waals surface area contributed by atoms with Crippen molar-refractivity contribution < 1.29 is 4.74 Å². The van der Waals surface area contributed by atoms with E-state index in [1.807, 2.05) is 0 Å². The number of ether oxygens (including phenoxy) is 1. The van der Waals surface area contributed by atoms with Crippen LogP contribution in [-0.2, 0) is 4.74 Å². The number of rotatable bonds is 7. The minimum absolute atomic E-state index is 0.234. The van der Waals surface area contributed by atoms with E-state index in [2.05, 4.69) is 25.8 Å². The third-order valence-corrected chi connectivity index (χ3v) is 5.17. The molecule has 0 aromatic heterocycles. The Labute approximate surface area is 119 Å². The zero-order chi connectivity index (χ0) is 14.3. The monoisotopic (exact) mass is 270 g/mol. The Morgan fingerprint density at radius 1 is 1.32 bits per heavy atom. The zero-order valence-electron chi connectivity index (χ0n) is 13.5. The molecule has 0 bridgehead atoms. The Kier molecular flexibility index (Phi) is 7.33. The van der Waals surface area contributed by atoms with E-state index < -0.39 is 0 Å². The highest BCUT2D eigenvalue weighted by Crippen LogP contribution is 2.36. The highest BCUT2D eigenvalue weighted by molar-refractivity contribution is 4.93. The standard InChI is InChI=1S/C16H34N2O/c1-14(2)15-7-5-9-16(13-17,10-8-15)18(3)11-6-12-19-4/h14-15H,5-13,17H2,1-4H3. The molecule has 1 rings (SSSR count). The van der Waals surface area contributed by atoms with Crippen LogP contribution in [0.2, 0.25) is 0 Å². The number of hydrogen-bond acceptors (Lipinski definition) is 3. The van der Waals surface area contributed by atoms with Crippen LogP contribution in [0.1, 0.15) is 52.4 Å². The van der Waals surface area contributed by atoms with Gasteiger partial charge in [-0.2, -0.15) is 0 Å². The first kappa shape index (κ1) is 16.9. The fraction of sp³-hybridized carbons (Fsp3) is 1.00. The summed E-state index contributed by atoms with van der Waals surface area (Å²) in [5.74, 6) is 1.70. The van der Waals surface area contributed by atoms with E-state index in [4.69, 9.17) is 10.5 Å². The predicted molar refractivity (Wildman–Crippen MR) is 82.3 cm³/mol. The van der Waals surface area contributed by atoms with Crippen molar-refractivity contribution in [3.8, 4) is 0 Å². The maximum Gasteiger partial charge on any atom is 0.0474 e. The Balaban J connectivity index is 2.58. The van der Waals surface area contributed by atoms with Gasteiger partial charge in [-0.1, -0.05) is 26.7 Å². The number of hydrogen-bond donors (Lipinski definition) is 1. The number of methoxy groups -OCH3 is 1. The summed E-state index contributed by atoms with van der Waals surface area (Å²) in [4.78, 5) is 2.51. The van der Waals surface area contributed by atoms with Crippen LogP contribution >= 0.6 is 0 Å². The molecular formula is C16H34N2O. The van der Waals surface area contributed by atoms with E-state index in [-0.39, 0.29) is 5.54 Å². The number of likely N-dealkylation sites (N-methyl/N-ethyl adjacent to an activating group) is 1. The van der Waals surface area contributed by atoms with Gasteiger partial charge in [0.2, 0.25) is 0 Å². The molecule has 0 spiro atoms. The van der Waals surface area contributed by atoms with Gasteiger partial charge in [0.25, 0.3) is 0 Å². The summed E-state index contributed by atoms with van der Waals surface area (Å²) >= 11 is 0. The quantitative estimate of drug-likeness (QED) is 0.571. The SMILES string of the molecule is COCCCN(C)C1(CN)CCCC(C(C)C)CC1. The van der Waals surface area contributed by atoms with E-state index in [1.54, 1.807) is 7.11 Å². The Hall–Kier alpha value is -0.120. The molecule has 19 heavy (non-hydrogen) atoms. The second-order valence-electron chi connectivity index (χ2n) is 6.63. The minimum Gasteiger partial charge on any atom is -0.385 e. The van der Waals surface area contributed by atoms with Crippen LogP contribution in [0.4, 0.5) is 0 Å². The lowest BCUT2D eigenvalue weighted by Gasteiger charge is -2.41. The molecule has 2 atom stereocenters. The third kappa shape index (κ3) is 4.73. The smallest absolute Gasteiger partial charge is 0.0474 e. The molecule has 0 amide bonds. The Morgan fingerprint density at radius 3 is 2.63 bits per heavy atom. The molecule has 2 unspecified atom stereocenters. The van der Waals surface area contributed by atoms with Crippen LogP contribution in [0.3, 0.4) is 0 Å². The first-order valence-electron chi connectivity index (χ1n) is 7.96. The third-order valence-electron chi connectivity index (χ3n) is 5.17. The largest absolute Gasteiger partial charge is 0.385 e. The molecule has 1 aliphatic carbocycles. The second-order valence-corrected chi connectivity index (χ2v) is 6.63. The molecule has 114 valence electrons. The minimum atomic E-state index is 0.234. The molecule has 0 radical (unpaired) electrons. The van der Waals surface area contributed by atoms with Crippen molar-refractivity contribution >= 4 is 0 Å². The van der Waals surface area contributed by atoms with Gasteiger partial charge in [-0.15, -0.1) is 0 Å². The van der Waals surface area contributed by atoms with Crippen LogP contribution in [0.15, 0.2) is 0 Å². The normalized spacial score (nSPS) is 28.9. The van der Waals surface area contributed by atoms with E-state index in [0.717, 1.165) is 38.0 Å². The van der Waals surface area contributed by atoms with Gasteiger partial charge in [-0.05, 0) is 44.6 Å². The van der Waals surface area contributed by atoms with Crippen molar-refractivity contribution in [3.05, 3.63) is 0 Å². The Morgan fingerprint density at radius 2 is 2.05 bits per heavy atom. The van der Waals surface area contributed by atoms with Crippen LogP contribution in [0, 0.1) is 11.8 Å².